The monoisotopic (exact) mass is 313 g/mol. The maximum Gasteiger partial charge on any atom is 0.313 e. The van der Waals surface area contributed by atoms with E-state index < -0.39 is 4.92 Å². The van der Waals surface area contributed by atoms with E-state index in [1.165, 1.54) is 12.3 Å². The van der Waals surface area contributed by atoms with Crippen LogP contribution in [0, 0.1) is 16.0 Å². The molecule has 1 aromatic rings. The van der Waals surface area contributed by atoms with Crippen LogP contribution < -0.4 is 4.90 Å². The fourth-order valence-corrected chi connectivity index (χ4v) is 2.54. The molecule has 0 radical (unpaired) electrons. The molecule has 0 saturated carbocycles. The van der Waals surface area contributed by atoms with Gasteiger partial charge in [-0.05, 0) is 19.8 Å². The van der Waals surface area contributed by atoms with Gasteiger partial charge >= 0.3 is 11.7 Å². The molecule has 0 unspecified atom stereocenters. The molecule has 0 spiro atoms. The molecule has 114 valence electrons. The molecule has 2 rings (SSSR count). The molecule has 1 aliphatic heterocycles. The molecule has 7 nitrogen and oxygen atoms in total. The maximum absolute atomic E-state index is 11.7. The fraction of sp³-hybridized carbons (Fsp3) is 0.538. The maximum atomic E-state index is 11.7. The number of rotatable bonds is 4. The lowest BCUT2D eigenvalue weighted by atomic mass is 9.97. The highest BCUT2D eigenvalue weighted by Crippen LogP contribution is 2.31. The van der Waals surface area contributed by atoms with Crippen molar-refractivity contribution >= 4 is 29.1 Å². The smallest absolute Gasteiger partial charge is 0.313 e. The van der Waals surface area contributed by atoms with Crippen LogP contribution in [0.2, 0.25) is 5.02 Å². The minimum absolute atomic E-state index is 0.114. The molecule has 1 fully saturated rings. The van der Waals surface area contributed by atoms with Gasteiger partial charge < -0.3 is 9.64 Å². The minimum atomic E-state index is -0.494. The third-order valence-electron chi connectivity index (χ3n) is 3.42. The number of esters is 1. The molecule has 0 N–H and O–H groups in total. The third kappa shape index (κ3) is 3.60. The molecular formula is C13H16ClN3O4. The highest BCUT2D eigenvalue weighted by molar-refractivity contribution is 6.30. The summed E-state index contributed by atoms with van der Waals surface area (Å²) in [6.45, 7) is 3.19. The number of anilines is 1. The van der Waals surface area contributed by atoms with Crippen molar-refractivity contribution in [2.45, 2.75) is 19.8 Å². The predicted octanol–water partition coefficient (Wildman–Crippen LogP) is 2.42. The number of hydrogen-bond donors (Lipinski definition) is 0. The quantitative estimate of drug-likeness (QED) is 0.482. The van der Waals surface area contributed by atoms with Crippen molar-refractivity contribution in [3.05, 3.63) is 27.4 Å². The largest absolute Gasteiger partial charge is 0.466 e. The molecule has 0 amide bonds. The van der Waals surface area contributed by atoms with E-state index in [-0.39, 0.29) is 22.6 Å². The third-order valence-corrected chi connectivity index (χ3v) is 3.63. The van der Waals surface area contributed by atoms with Gasteiger partial charge in [-0.3, -0.25) is 14.9 Å². The Morgan fingerprint density at radius 3 is 2.81 bits per heavy atom. The van der Waals surface area contributed by atoms with Crippen molar-refractivity contribution in [3.8, 4) is 0 Å². The van der Waals surface area contributed by atoms with E-state index in [0.29, 0.717) is 38.4 Å². The van der Waals surface area contributed by atoms with E-state index >= 15 is 0 Å². The Morgan fingerprint density at radius 2 is 2.24 bits per heavy atom. The first-order valence-electron chi connectivity index (χ1n) is 6.74. The summed E-state index contributed by atoms with van der Waals surface area (Å²) in [6, 6.07) is 1.29. The molecule has 0 aromatic carbocycles. The summed E-state index contributed by atoms with van der Waals surface area (Å²) < 4.78 is 5.00. The predicted molar refractivity (Wildman–Crippen MR) is 77.5 cm³/mol. The number of ether oxygens (including phenoxy) is 1. The lowest BCUT2D eigenvalue weighted by molar-refractivity contribution is -0.384. The van der Waals surface area contributed by atoms with Crippen LogP contribution in [0.1, 0.15) is 19.8 Å². The van der Waals surface area contributed by atoms with Gasteiger partial charge in [-0.2, -0.15) is 0 Å². The van der Waals surface area contributed by atoms with Crippen LogP contribution in [-0.2, 0) is 9.53 Å². The van der Waals surface area contributed by atoms with Crippen LogP contribution in [0.25, 0.3) is 0 Å². The van der Waals surface area contributed by atoms with Gasteiger partial charge in [0.2, 0.25) is 5.82 Å². The molecule has 2 heterocycles. The van der Waals surface area contributed by atoms with Crippen molar-refractivity contribution in [1.82, 2.24) is 4.98 Å². The number of nitrogens with zero attached hydrogens (tertiary/aromatic N) is 3. The fourth-order valence-electron chi connectivity index (χ4n) is 2.39. The zero-order valence-electron chi connectivity index (χ0n) is 11.6. The van der Waals surface area contributed by atoms with E-state index in [2.05, 4.69) is 4.98 Å². The Kier molecular flexibility index (Phi) is 4.95. The number of halogens is 1. The van der Waals surface area contributed by atoms with Crippen LogP contribution in [0.5, 0.6) is 0 Å². The normalized spacial score (nSPS) is 15.8. The zero-order chi connectivity index (χ0) is 15.4. The Morgan fingerprint density at radius 1 is 1.57 bits per heavy atom. The van der Waals surface area contributed by atoms with Crippen LogP contribution in [0.15, 0.2) is 12.3 Å². The Bertz CT molecular complexity index is 544. The summed E-state index contributed by atoms with van der Waals surface area (Å²) in [5.74, 6) is -0.0463. The second-order valence-electron chi connectivity index (χ2n) is 4.77. The molecule has 1 aromatic heterocycles. The lowest BCUT2D eigenvalue weighted by Gasteiger charge is -2.31. The molecular weight excluding hydrogens is 298 g/mol. The number of piperidine rings is 1. The van der Waals surface area contributed by atoms with Crippen LogP contribution in [0.3, 0.4) is 0 Å². The van der Waals surface area contributed by atoms with Crippen molar-refractivity contribution < 1.29 is 14.5 Å². The Balaban J connectivity index is 2.09. The van der Waals surface area contributed by atoms with E-state index in [0.717, 1.165) is 0 Å². The van der Waals surface area contributed by atoms with Gasteiger partial charge in [-0.15, -0.1) is 0 Å². The van der Waals surface area contributed by atoms with Gasteiger partial charge in [0, 0.05) is 25.4 Å². The molecule has 1 saturated heterocycles. The lowest BCUT2D eigenvalue weighted by Crippen LogP contribution is -2.37. The van der Waals surface area contributed by atoms with Crippen molar-refractivity contribution in [1.29, 1.82) is 0 Å². The number of hydrogen-bond acceptors (Lipinski definition) is 6. The van der Waals surface area contributed by atoms with E-state index in [9.17, 15) is 14.9 Å². The topological polar surface area (TPSA) is 85.6 Å². The van der Waals surface area contributed by atoms with Crippen molar-refractivity contribution in [2.24, 2.45) is 5.92 Å². The Labute approximate surface area is 127 Å². The molecule has 0 aliphatic carbocycles. The summed E-state index contributed by atoms with van der Waals surface area (Å²) in [6.07, 6.45) is 2.59. The van der Waals surface area contributed by atoms with E-state index in [1.54, 1.807) is 6.92 Å². The van der Waals surface area contributed by atoms with E-state index in [1.807, 2.05) is 4.90 Å². The van der Waals surface area contributed by atoms with Gasteiger partial charge in [0.25, 0.3) is 0 Å². The van der Waals surface area contributed by atoms with Crippen LogP contribution in [-0.4, -0.2) is 35.6 Å². The number of pyridine rings is 1. The van der Waals surface area contributed by atoms with Gasteiger partial charge in [0.05, 0.1) is 22.5 Å². The summed E-state index contributed by atoms with van der Waals surface area (Å²) in [4.78, 5) is 28.1. The first kappa shape index (κ1) is 15.5. The Hall–Kier alpha value is -1.89. The van der Waals surface area contributed by atoms with Crippen molar-refractivity contribution in [2.75, 3.05) is 24.6 Å². The number of carbonyl (C=O) groups excluding carboxylic acids is 1. The highest BCUT2D eigenvalue weighted by Gasteiger charge is 2.29. The van der Waals surface area contributed by atoms with Gasteiger partial charge in [0.15, 0.2) is 0 Å². The van der Waals surface area contributed by atoms with Gasteiger partial charge in [-0.25, -0.2) is 4.98 Å². The van der Waals surface area contributed by atoms with Gasteiger partial charge in [-0.1, -0.05) is 11.6 Å². The molecule has 21 heavy (non-hydrogen) atoms. The number of nitro groups is 1. The first-order chi connectivity index (χ1) is 10.0. The first-order valence-corrected chi connectivity index (χ1v) is 7.12. The summed E-state index contributed by atoms with van der Waals surface area (Å²) in [5.41, 5.74) is -0.114. The second-order valence-corrected chi connectivity index (χ2v) is 5.20. The second kappa shape index (κ2) is 6.71. The van der Waals surface area contributed by atoms with Crippen LogP contribution >= 0.6 is 11.6 Å². The van der Waals surface area contributed by atoms with Crippen molar-refractivity contribution in [3.63, 3.8) is 0 Å². The average Bonchev–Trinajstić information content (AvgIpc) is 2.47. The standard InChI is InChI=1S/C13H16ClN3O4/c1-2-21-13(18)9-3-5-16(6-4-9)12-11(17(19)20)7-10(14)8-15-12/h7-9H,2-6H2,1H3. The van der Waals surface area contributed by atoms with E-state index in [4.69, 9.17) is 16.3 Å². The summed E-state index contributed by atoms with van der Waals surface area (Å²) in [7, 11) is 0. The zero-order valence-corrected chi connectivity index (χ0v) is 12.4. The summed E-state index contributed by atoms with van der Waals surface area (Å²) in [5, 5.41) is 11.3. The average molecular weight is 314 g/mol. The highest BCUT2D eigenvalue weighted by atomic mass is 35.5. The minimum Gasteiger partial charge on any atom is -0.466 e. The SMILES string of the molecule is CCOC(=O)C1CCN(c2ncc(Cl)cc2[N+](=O)[O-])CC1. The molecule has 8 heteroatoms. The molecule has 1 aliphatic rings. The van der Waals surface area contributed by atoms with Gasteiger partial charge in [0.1, 0.15) is 0 Å². The number of aromatic nitrogens is 1. The summed E-state index contributed by atoms with van der Waals surface area (Å²) >= 11 is 5.75. The molecule has 0 bridgehead atoms. The number of carbonyl (C=O) groups is 1. The molecule has 0 atom stereocenters. The van der Waals surface area contributed by atoms with Crippen LogP contribution in [0.4, 0.5) is 11.5 Å².